The van der Waals surface area contributed by atoms with Gasteiger partial charge >= 0.3 is 0 Å². The maximum Gasteiger partial charge on any atom is 0.276 e. The Labute approximate surface area is 173 Å². The first kappa shape index (κ1) is 20.4. The van der Waals surface area contributed by atoms with Crippen LogP contribution in [0.4, 0.5) is 0 Å². The number of ether oxygens (including phenoxy) is 2. The Morgan fingerprint density at radius 1 is 0.833 bits per heavy atom. The van der Waals surface area contributed by atoms with Crippen molar-refractivity contribution in [1.29, 1.82) is 5.26 Å². The molecule has 2 N–H and O–H groups in total. The zero-order valence-corrected chi connectivity index (χ0v) is 16.0. The summed E-state index contributed by atoms with van der Waals surface area (Å²) in [7, 11) is 0. The fourth-order valence-electron chi connectivity index (χ4n) is 2.51. The van der Waals surface area contributed by atoms with Crippen LogP contribution in [0.25, 0.3) is 0 Å². The van der Waals surface area contributed by atoms with Crippen molar-refractivity contribution in [1.82, 2.24) is 10.9 Å². The molecule has 0 aliphatic heterocycles. The van der Waals surface area contributed by atoms with Crippen LogP contribution in [0, 0.1) is 11.3 Å². The lowest BCUT2D eigenvalue weighted by molar-refractivity contribution is -0.123. The van der Waals surface area contributed by atoms with Gasteiger partial charge in [0.2, 0.25) is 0 Å². The summed E-state index contributed by atoms with van der Waals surface area (Å²) in [5, 5.41) is 9.00. The van der Waals surface area contributed by atoms with E-state index in [0.29, 0.717) is 29.2 Å². The highest BCUT2D eigenvalue weighted by molar-refractivity contribution is 5.95. The first-order valence-corrected chi connectivity index (χ1v) is 9.13. The Kier molecular flexibility index (Phi) is 7.01. The van der Waals surface area contributed by atoms with E-state index in [4.69, 9.17) is 14.7 Å². The minimum atomic E-state index is -0.557. The van der Waals surface area contributed by atoms with Crippen molar-refractivity contribution < 1.29 is 19.1 Å². The number of nitrogens with one attached hydrogen (secondary N) is 2. The lowest BCUT2D eigenvalue weighted by Gasteiger charge is -2.10. The third-order valence-electron chi connectivity index (χ3n) is 4.05. The third-order valence-corrected chi connectivity index (χ3v) is 4.05. The van der Waals surface area contributed by atoms with Crippen LogP contribution >= 0.6 is 0 Å². The van der Waals surface area contributed by atoms with Crippen molar-refractivity contribution in [2.75, 3.05) is 6.61 Å². The predicted molar refractivity (Wildman–Crippen MR) is 109 cm³/mol. The van der Waals surface area contributed by atoms with Gasteiger partial charge < -0.3 is 9.47 Å². The molecule has 0 aliphatic carbocycles. The Morgan fingerprint density at radius 2 is 1.53 bits per heavy atom. The molecular weight excluding hydrogens is 382 g/mol. The molecule has 0 heterocycles. The highest BCUT2D eigenvalue weighted by Crippen LogP contribution is 2.16. The van der Waals surface area contributed by atoms with Crippen LogP contribution in [0.1, 0.15) is 21.5 Å². The highest BCUT2D eigenvalue weighted by Gasteiger charge is 2.09. The van der Waals surface area contributed by atoms with Gasteiger partial charge in [0.15, 0.2) is 6.61 Å². The highest BCUT2D eigenvalue weighted by atomic mass is 16.5. The molecule has 0 atom stereocenters. The average Bonchev–Trinajstić information content (AvgIpc) is 2.81. The number of amides is 2. The Hall–Kier alpha value is -4.31. The monoisotopic (exact) mass is 401 g/mol. The number of rotatable bonds is 7. The van der Waals surface area contributed by atoms with Crippen molar-refractivity contribution in [3.63, 3.8) is 0 Å². The van der Waals surface area contributed by atoms with Gasteiger partial charge in [-0.3, -0.25) is 20.4 Å². The van der Waals surface area contributed by atoms with Crippen LogP contribution in [0.2, 0.25) is 0 Å². The molecule has 7 heteroatoms. The van der Waals surface area contributed by atoms with Crippen LogP contribution in [0.5, 0.6) is 11.5 Å². The Balaban J connectivity index is 1.44. The summed E-state index contributed by atoms with van der Waals surface area (Å²) < 4.78 is 11.0. The molecule has 0 saturated carbocycles. The number of carbonyl (C=O) groups is 2. The van der Waals surface area contributed by atoms with E-state index in [0.717, 1.165) is 5.56 Å². The predicted octanol–water partition coefficient (Wildman–Crippen LogP) is 2.98. The summed E-state index contributed by atoms with van der Waals surface area (Å²) in [4.78, 5) is 24.0. The molecule has 0 radical (unpaired) electrons. The van der Waals surface area contributed by atoms with E-state index in [1.54, 1.807) is 48.5 Å². The lowest BCUT2D eigenvalue weighted by atomic mass is 10.2. The van der Waals surface area contributed by atoms with Gasteiger partial charge in [-0.1, -0.05) is 42.5 Å². The van der Waals surface area contributed by atoms with Crippen LogP contribution in [-0.2, 0) is 11.4 Å². The first-order valence-electron chi connectivity index (χ1n) is 9.13. The second-order valence-electron chi connectivity index (χ2n) is 6.20. The molecule has 0 saturated heterocycles. The number of hydrazine groups is 1. The smallest absolute Gasteiger partial charge is 0.276 e. The Morgan fingerprint density at radius 3 is 2.27 bits per heavy atom. The molecule has 3 aromatic carbocycles. The van der Waals surface area contributed by atoms with E-state index in [1.807, 2.05) is 36.4 Å². The largest absolute Gasteiger partial charge is 0.489 e. The summed E-state index contributed by atoms with van der Waals surface area (Å²) in [6.07, 6.45) is 0. The van der Waals surface area contributed by atoms with Crippen LogP contribution in [-0.4, -0.2) is 18.4 Å². The van der Waals surface area contributed by atoms with E-state index in [9.17, 15) is 9.59 Å². The molecule has 150 valence electrons. The van der Waals surface area contributed by atoms with Gasteiger partial charge in [0.25, 0.3) is 11.8 Å². The van der Waals surface area contributed by atoms with Crippen LogP contribution < -0.4 is 20.3 Å². The standard InChI is InChI=1S/C23H19N3O4/c24-14-19-8-4-5-9-21(19)30-16-22(27)25-26-23(28)18-10-12-20(13-11-18)29-15-17-6-2-1-3-7-17/h1-13H,15-16H2,(H,25,27)(H,26,28). The number of hydrogen-bond donors (Lipinski definition) is 2. The minimum absolute atomic E-state index is 0.299. The molecule has 0 aliphatic rings. The number of nitrogens with zero attached hydrogens (tertiary/aromatic N) is 1. The summed E-state index contributed by atoms with van der Waals surface area (Å²) >= 11 is 0. The number of nitriles is 1. The van der Waals surface area contributed by atoms with Gasteiger partial charge in [0.1, 0.15) is 24.2 Å². The molecule has 0 unspecified atom stereocenters. The van der Waals surface area contributed by atoms with Crippen molar-refractivity contribution in [3.8, 4) is 17.6 Å². The van der Waals surface area contributed by atoms with Gasteiger partial charge in [-0.2, -0.15) is 5.26 Å². The maximum atomic E-state index is 12.2. The minimum Gasteiger partial charge on any atom is -0.489 e. The molecular formula is C23H19N3O4. The van der Waals surface area contributed by atoms with E-state index < -0.39 is 11.8 Å². The quantitative estimate of drug-likeness (QED) is 0.593. The molecule has 3 rings (SSSR count). The van der Waals surface area contributed by atoms with Crippen molar-refractivity contribution in [2.45, 2.75) is 6.61 Å². The second kappa shape index (κ2) is 10.3. The maximum absolute atomic E-state index is 12.2. The lowest BCUT2D eigenvalue weighted by Crippen LogP contribution is -2.43. The van der Waals surface area contributed by atoms with Crippen molar-refractivity contribution in [3.05, 3.63) is 95.6 Å². The third kappa shape index (κ3) is 5.84. The van der Waals surface area contributed by atoms with Crippen molar-refractivity contribution >= 4 is 11.8 Å². The molecule has 0 aromatic heterocycles. The van der Waals surface area contributed by atoms with E-state index >= 15 is 0 Å². The summed E-state index contributed by atoms with van der Waals surface area (Å²) in [5.41, 5.74) is 6.31. The molecule has 30 heavy (non-hydrogen) atoms. The Bertz CT molecular complexity index is 1040. The zero-order chi connectivity index (χ0) is 21.2. The zero-order valence-electron chi connectivity index (χ0n) is 16.0. The van der Waals surface area contributed by atoms with Crippen LogP contribution in [0.3, 0.4) is 0 Å². The SMILES string of the molecule is N#Cc1ccccc1OCC(=O)NNC(=O)c1ccc(OCc2ccccc2)cc1. The summed E-state index contributed by atoms with van der Waals surface area (Å²) in [6.45, 7) is 0.0859. The van der Waals surface area contributed by atoms with Gasteiger partial charge in [-0.05, 0) is 42.0 Å². The summed E-state index contributed by atoms with van der Waals surface area (Å²) in [6, 6.07) is 24.9. The van der Waals surface area contributed by atoms with Gasteiger partial charge in [-0.15, -0.1) is 0 Å². The first-order chi connectivity index (χ1) is 14.7. The molecule has 3 aromatic rings. The van der Waals surface area contributed by atoms with Gasteiger partial charge in [0, 0.05) is 5.56 Å². The van der Waals surface area contributed by atoms with Gasteiger partial charge in [-0.25, -0.2) is 0 Å². The number of para-hydroxylation sites is 1. The molecule has 0 bridgehead atoms. The molecule has 7 nitrogen and oxygen atoms in total. The normalized spacial score (nSPS) is 9.83. The number of benzene rings is 3. The van der Waals surface area contributed by atoms with E-state index in [-0.39, 0.29) is 6.61 Å². The fourth-order valence-corrected chi connectivity index (χ4v) is 2.51. The number of hydrogen-bond acceptors (Lipinski definition) is 5. The summed E-state index contributed by atoms with van der Waals surface area (Å²) in [5.74, 6) is -0.106. The molecule has 0 fully saturated rings. The van der Waals surface area contributed by atoms with E-state index in [1.165, 1.54) is 0 Å². The van der Waals surface area contributed by atoms with Gasteiger partial charge in [0.05, 0.1) is 5.56 Å². The van der Waals surface area contributed by atoms with Crippen molar-refractivity contribution in [2.24, 2.45) is 0 Å². The van der Waals surface area contributed by atoms with Crippen LogP contribution in [0.15, 0.2) is 78.9 Å². The number of carbonyl (C=O) groups excluding carboxylic acids is 2. The topological polar surface area (TPSA) is 100 Å². The second-order valence-corrected chi connectivity index (χ2v) is 6.20. The fraction of sp³-hybridized carbons (Fsp3) is 0.0870. The van der Waals surface area contributed by atoms with E-state index in [2.05, 4.69) is 10.9 Å². The average molecular weight is 401 g/mol. The molecule has 2 amide bonds. The molecule has 0 spiro atoms.